The van der Waals surface area contributed by atoms with Crippen LogP contribution in [0, 0.1) is 6.92 Å². The van der Waals surface area contributed by atoms with Gasteiger partial charge in [-0.1, -0.05) is 6.07 Å². The largest absolute Gasteiger partial charge is 0.469 e. The molecule has 0 aliphatic heterocycles. The predicted molar refractivity (Wildman–Crippen MR) is 98.9 cm³/mol. The average molecular weight is 386 g/mol. The summed E-state index contributed by atoms with van der Waals surface area (Å²) in [6, 6.07) is 5.46. The first-order valence-electron chi connectivity index (χ1n) is 8.24. The summed E-state index contributed by atoms with van der Waals surface area (Å²) in [5.41, 5.74) is 4.30. The highest BCUT2D eigenvalue weighted by molar-refractivity contribution is 7.12. The molecule has 0 saturated carbocycles. The van der Waals surface area contributed by atoms with Crippen LogP contribution in [0.25, 0.3) is 16.4 Å². The number of methoxy groups -OCH3 is 1. The van der Waals surface area contributed by atoms with E-state index >= 15 is 0 Å². The van der Waals surface area contributed by atoms with Gasteiger partial charge in [0.2, 0.25) is 0 Å². The van der Waals surface area contributed by atoms with Crippen molar-refractivity contribution in [1.29, 1.82) is 0 Å². The third-order valence-corrected chi connectivity index (χ3v) is 4.65. The van der Waals surface area contributed by atoms with Crippen LogP contribution < -0.4 is 0 Å². The number of carbonyl (C=O) groups is 2. The van der Waals surface area contributed by atoms with Crippen LogP contribution in [0.4, 0.5) is 0 Å². The Morgan fingerprint density at radius 3 is 2.74 bits per heavy atom. The van der Waals surface area contributed by atoms with Gasteiger partial charge in [-0.25, -0.2) is 14.5 Å². The van der Waals surface area contributed by atoms with Gasteiger partial charge in [0.05, 0.1) is 42.7 Å². The van der Waals surface area contributed by atoms with Crippen molar-refractivity contribution in [3.63, 3.8) is 0 Å². The number of thiazole rings is 1. The van der Waals surface area contributed by atoms with E-state index < -0.39 is 5.97 Å². The van der Waals surface area contributed by atoms with E-state index in [1.807, 2.05) is 12.1 Å². The Bertz CT molecular complexity index is 965. The van der Waals surface area contributed by atoms with Crippen molar-refractivity contribution in [2.24, 2.45) is 0 Å². The summed E-state index contributed by atoms with van der Waals surface area (Å²) in [6.07, 6.45) is 1.70. The Morgan fingerprint density at radius 1 is 1.26 bits per heavy atom. The summed E-state index contributed by atoms with van der Waals surface area (Å²) in [5, 5.41) is 5.06. The van der Waals surface area contributed by atoms with Crippen molar-refractivity contribution in [2.75, 3.05) is 13.7 Å². The zero-order valence-electron chi connectivity index (χ0n) is 15.1. The Hall–Kier alpha value is -3.07. The normalized spacial score (nSPS) is 10.6. The lowest BCUT2D eigenvalue weighted by Crippen LogP contribution is -2.11. The van der Waals surface area contributed by atoms with E-state index in [1.165, 1.54) is 18.4 Å². The SMILES string of the molecule is CCOC(=O)c1ncsc1-n1nc(C)c(CC(=O)OC)c1-c1ccccn1. The summed E-state index contributed by atoms with van der Waals surface area (Å²) in [6.45, 7) is 3.77. The van der Waals surface area contributed by atoms with Crippen LogP contribution >= 0.6 is 11.3 Å². The van der Waals surface area contributed by atoms with Crippen molar-refractivity contribution in [3.05, 3.63) is 46.9 Å². The number of aromatic nitrogens is 4. The van der Waals surface area contributed by atoms with Crippen LogP contribution in [0.15, 0.2) is 29.9 Å². The zero-order valence-corrected chi connectivity index (χ0v) is 15.9. The fraction of sp³-hybridized carbons (Fsp3) is 0.278. The molecule has 0 aliphatic rings. The van der Waals surface area contributed by atoms with Gasteiger partial charge in [0, 0.05) is 11.8 Å². The first-order valence-corrected chi connectivity index (χ1v) is 9.12. The quantitative estimate of drug-likeness (QED) is 0.601. The van der Waals surface area contributed by atoms with E-state index in [-0.39, 0.29) is 24.7 Å². The second kappa shape index (κ2) is 8.09. The summed E-state index contributed by atoms with van der Waals surface area (Å²) < 4.78 is 11.5. The third kappa shape index (κ3) is 3.72. The minimum absolute atomic E-state index is 0.0434. The number of carbonyl (C=O) groups excluding carboxylic acids is 2. The lowest BCUT2D eigenvalue weighted by molar-refractivity contribution is -0.139. The molecule has 0 saturated heterocycles. The topological polar surface area (TPSA) is 96.2 Å². The van der Waals surface area contributed by atoms with Gasteiger partial charge in [0.15, 0.2) is 10.7 Å². The fourth-order valence-electron chi connectivity index (χ4n) is 2.63. The molecule has 0 unspecified atom stereocenters. The Labute approximate surface area is 159 Å². The Balaban J connectivity index is 2.20. The number of ether oxygens (including phenoxy) is 2. The van der Waals surface area contributed by atoms with E-state index in [4.69, 9.17) is 9.47 Å². The average Bonchev–Trinajstić information content (AvgIpc) is 3.28. The molecule has 3 aromatic heterocycles. The maximum atomic E-state index is 12.3. The number of pyridine rings is 1. The fourth-order valence-corrected chi connectivity index (χ4v) is 3.37. The van der Waals surface area contributed by atoms with E-state index in [0.29, 0.717) is 27.6 Å². The van der Waals surface area contributed by atoms with Gasteiger partial charge in [0.25, 0.3) is 0 Å². The molecule has 9 heteroatoms. The highest BCUT2D eigenvalue weighted by atomic mass is 32.1. The molecule has 0 N–H and O–H groups in total. The van der Waals surface area contributed by atoms with Crippen molar-refractivity contribution >= 4 is 23.3 Å². The van der Waals surface area contributed by atoms with E-state index in [9.17, 15) is 9.59 Å². The molecule has 140 valence electrons. The number of rotatable bonds is 6. The third-order valence-electron chi connectivity index (χ3n) is 3.85. The maximum absolute atomic E-state index is 12.3. The van der Waals surface area contributed by atoms with Gasteiger partial charge in [-0.05, 0) is 26.0 Å². The summed E-state index contributed by atoms with van der Waals surface area (Å²) in [7, 11) is 1.34. The zero-order chi connectivity index (χ0) is 19.4. The first kappa shape index (κ1) is 18.7. The van der Waals surface area contributed by atoms with Gasteiger partial charge in [-0.2, -0.15) is 5.10 Å². The molecule has 3 aromatic rings. The molecule has 0 aromatic carbocycles. The summed E-state index contributed by atoms with van der Waals surface area (Å²) >= 11 is 1.26. The second-order valence-corrected chi connectivity index (χ2v) is 6.35. The van der Waals surface area contributed by atoms with E-state index in [1.54, 1.807) is 36.3 Å². The van der Waals surface area contributed by atoms with Crippen molar-refractivity contribution < 1.29 is 19.1 Å². The molecule has 27 heavy (non-hydrogen) atoms. The van der Waals surface area contributed by atoms with E-state index in [0.717, 1.165) is 0 Å². The molecule has 0 fully saturated rings. The number of aryl methyl sites for hydroxylation is 1. The number of hydrogen-bond acceptors (Lipinski definition) is 8. The standard InChI is InChI=1S/C18H18N4O4S/c1-4-26-18(24)15-17(27-10-20-15)22-16(13-7-5-6-8-19-13)12(11(2)21-22)9-14(23)25-3/h5-8,10H,4,9H2,1-3H3. The molecule has 3 heterocycles. The van der Waals surface area contributed by atoms with Crippen molar-refractivity contribution in [3.8, 4) is 16.4 Å². The lowest BCUT2D eigenvalue weighted by Gasteiger charge is -2.09. The number of esters is 2. The van der Waals surface area contributed by atoms with Crippen molar-refractivity contribution in [2.45, 2.75) is 20.3 Å². The molecule has 0 bridgehead atoms. The molecule has 0 radical (unpaired) electrons. The van der Waals surface area contributed by atoms with Crippen LogP contribution in [-0.4, -0.2) is 45.4 Å². The molecular formula is C18H18N4O4S. The van der Waals surface area contributed by atoms with Crippen LogP contribution in [0.5, 0.6) is 0 Å². The highest BCUT2D eigenvalue weighted by Gasteiger charge is 2.26. The maximum Gasteiger partial charge on any atom is 0.360 e. The van der Waals surface area contributed by atoms with Gasteiger partial charge < -0.3 is 9.47 Å². The minimum atomic E-state index is -0.525. The van der Waals surface area contributed by atoms with Crippen LogP contribution in [0.3, 0.4) is 0 Å². The highest BCUT2D eigenvalue weighted by Crippen LogP contribution is 2.31. The van der Waals surface area contributed by atoms with E-state index in [2.05, 4.69) is 15.1 Å². The molecule has 0 aliphatic carbocycles. The molecule has 0 spiro atoms. The van der Waals surface area contributed by atoms with Crippen LogP contribution in [0.2, 0.25) is 0 Å². The molecule has 0 amide bonds. The van der Waals surface area contributed by atoms with Crippen molar-refractivity contribution in [1.82, 2.24) is 19.7 Å². The summed E-state index contributed by atoms with van der Waals surface area (Å²) in [5.74, 6) is -0.909. The first-order chi connectivity index (χ1) is 13.1. The monoisotopic (exact) mass is 386 g/mol. The molecule has 0 atom stereocenters. The number of hydrogen-bond donors (Lipinski definition) is 0. The molecule has 3 rings (SSSR count). The molecular weight excluding hydrogens is 368 g/mol. The Kier molecular flexibility index (Phi) is 5.60. The van der Waals surface area contributed by atoms with Crippen LogP contribution in [0.1, 0.15) is 28.7 Å². The minimum Gasteiger partial charge on any atom is -0.469 e. The predicted octanol–water partition coefficient (Wildman–Crippen LogP) is 2.59. The lowest BCUT2D eigenvalue weighted by atomic mass is 10.1. The van der Waals surface area contributed by atoms with Gasteiger partial charge in [-0.15, -0.1) is 11.3 Å². The van der Waals surface area contributed by atoms with Gasteiger partial charge in [0.1, 0.15) is 0 Å². The molecule has 8 nitrogen and oxygen atoms in total. The van der Waals surface area contributed by atoms with Crippen LogP contribution in [-0.2, 0) is 20.7 Å². The number of nitrogens with zero attached hydrogens (tertiary/aromatic N) is 4. The second-order valence-electron chi connectivity index (χ2n) is 5.52. The Morgan fingerprint density at radius 2 is 2.07 bits per heavy atom. The van der Waals surface area contributed by atoms with Gasteiger partial charge >= 0.3 is 11.9 Å². The summed E-state index contributed by atoms with van der Waals surface area (Å²) in [4.78, 5) is 32.7. The smallest absolute Gasteiger partial charge is 0.360 e. The van der Waals surface area contributed by atoms with Gasteiger partial charge in [-0.3, -0.25) is 9.78 Å².